The molecule has 1 aliphatic rings. The zero-order valence-corrected chi connectivity index (χ0v) is 13.9. The van der Waals surface area contributed by atoms with E-state index in [2.05, 4.69) is 33.0 Å². The Hall–Kier alpha value is -0.870. The Morgan fingerprint density at radius 1 is 1.35 bits per heavy atom. The molecule has 0 saturated carbocycles. The minimum atomic E-state index is -0.764. The van der Waals surface area contributed by atoms with E-state index in [1.54, 1.807) is 0 Å². The maximum absolute atomic E-state index is 12.0. The molecule has 1 fully saturated rings. The SMILES string of the molecule is CC(C)(C)[C@]1(C(=O)O)CCCN1Cc1ccc(Br)cc1. The van der Waals surface area contributed by atoms with Gasteiger partial charge in [-0.25, -0.2) is 0 Å². The minimum absolute atomic E-state index is 0.287. The second kappa shape index (κ2) is 5.49. The third-order valence-electron chi connectivity index (χ3n) is 4.39. The van der Waals surface area contributed by atoms with Gasteiger partial charge in [0.1, 0.15) is 5.54 Å². The first-order valence-electron chi connectivity index (χ1n) is 7.00. The number of carbonyl (C=O) groups is 1. The number of likely N-dealkylation sites (tertiary alicyclic amines) is 1. The molecule has 0 radical (unpaired) electrons. The van der Waals surface area contributed by atoms with E-state index in [0.717, 1.165) is 29.4 Å². The van der Waals surface area contributed by atoms with Crippen LogP contribution >= 0.6 is 15.9 Å². The van der Waals surface area contributed by atoms with E-state index in [4.69, 9.17) is 0 Å². The van der Waals surface area contributed by atoms with E-state index in [-0.39, 0.29) is 5.41 Å². The van der Waals surface area contributed by atoms with Crippen LogP contribution in [0.2, 0.25) is 0 Å². The molecule has 0 amide bonds. The number of hydrogen-bond acceptors (Lipinski definition) is 2. The van der Waals surface area contributed by atoms with Crippen LogP contribution < -0.4 is 0 Å². The Labute approximate surface area is 129 Å². The Bertz CT molecular complexity index is 492. The first-order chi connectivity index (χ1) is 9.27. The Morgan fingerprint density at radius 2 is 1.95 bits per heavy atom. The first kappa shape index (κ1) is 15.5. The molecule has 20 heavy (non-hydrogen) atoms. The van der Waals surface area contributed by atoms with Crippen LogP contribution in [0.4, 0.5) is 0 Å². The van der Waals surface area contributed by atoms with Crippen molar-refractivity contribution in [3.05, 3.63) is 34.3 Å². The predicted octanol–water partition coefficient (Wildman–Crippen LogP) is 3.91. The van der Waals surface area contributed by atoms with Crippen molar-refractivity contribution in [3.63, 3.8) is 0 Å². The molecule has 0 unspecified atom stereocenters. The highest BCUT2D eigenvalue weighted by Crippen LogP contribution is 2.44. The first-order valence-corrected chi connectivity index (χ1v) is 7.79. The van der Waals surface area contributed by atoms with E-state index in [1.807, 2.05) is 32.9 Å². The predicted molar refractivity (Wildman–Crippen MR) is 83.6 cm³/mol. The molecular formula is C16H22BrNO2. The fraction of sp³-hybridized carbons (Fsp3) is 0.562. The van der Waals surface area contributed by atoms with Gasteiger partial charge in [0, 0.05) is 11.0 Å². The Balaban J connectivity index is 2.30. The van der Waals surface area contributed by atoms with Crippen LogP contribution in [0.1, 0.15) is 39.2 Å². The molecule has 110 valence electrons. The van der Waals surface area contributed by atoms with Gasteiger partial charge in [-0.2, -0.15) is 0 Å². The summed E-state index contributed by atoms with van der Waals surface area (Å²) in [6.45, 7) is 7.62. The minimum Gasteiger partial charge on any atom is -0.480 e. The van der Waals surface area contributed by atoms with Gasteiger partial charge in [-0.3, -0.25) is 9.69 Å². The lowest BCUT2D eigenvalue weighted by Crippen LogP contribution is -2.58. The standard InChI is InChI=1S/C16H22BrNO2/c1-15(2,3)16(14(19)20)9-4-10-18(16)11-12-5-7-13(17)8-6-12/h5-8H,4,9-11H2,1-3H3,(H,19,20)/t16-/m1/s1. The van der Waals surface area contributed by atoms with Gasteiger partial charge in [-0.05, 0) is 42.5 Å². The quantitative estimate of drug-likeness (QED) is 0.907. The highest BCUT2D eigenvalue weighted by Gasteiger charge is 2.55. The Morgan fingerprint density at radius 3 is 2.45 bits per heavy atom. The average molecular weight is 340 g/mol. The summed E-state index contributed by atoms with van der Waals surface area (Å²) in [5, 5.41) is 9.84. The van der Waals surface area contributed by atoms with Crippen molar-refractivity contribution in [1.29, 1.82) is 0 Å². The van der Waals surface area contributed by atoms with Crippen molar-refractivity contribution in [1.82, 2.24) is 4.90 Å². The van der Waals surface area contributed by atoms with E-state index in [9.17, 15) is 9.90 Å². The molecule has 0 aliphatic carbocycles. The van der Waals surface area contributed by atoms with Gasteiger partial charge in [0.25, 0.3) is 0 Å². The summed E-state index contributed by atoms with van der Waals surface area (Å²) in [5.41, 5.74) is 0.107. The lowest BCUT2D eigenvalue weighted by Gasteiger charge is -2.44. The molecule has 4 heteroatoms. The molecule has 1 N–H and O–H groups in total. The molecule has 3 nitrogen and oxygen atoms in total. The average Bonchev–Trinajstić information content (AvgIpc) is 2.76. The third-order valence-corrected chi connectivity index (χ3v) is 4.92. The van der Waals surface area contributed by atoms with E-state index < -0.39 is 11.5 Å². The molecule has 1 atom stereocenters. The molecule has 0 spiro atoms. The summed E-state index contributed by atoms with van der Waals surface area (Å²) in [4.78, 5) is 14.1. The van der Waals surface area contributed by atoms with Gasteiger partial charge in [0.05, 0.1) is 0 Å². The van der Waals surface area contributed by atoms with Crippen LogP contribution in [0.25, 0.3) is 0 Å². The van der Waals surface area contributed by atoms with Crippen molar-refractivity contribution < 1.29 is 9.90 Å². The molecular weight excluding hydrogens is 318 g/mol. The number of carboxylic acids is 1. The third kappa shape index (κ3) is 2.63. The van der Waals surface area contributed by atoms with Crippen LogP contribution in [-0.4, -0.2) is 28.1 Å². The van der Waals surface area contributed by atoms with E-state index >= 15 is 0 Å². The van der Waals surface area contributed by atoms with E-state index in [0.29, 0.717) is 6.54 Å². The van der Waals surface area contributed by atoms with Crippen LogP contribution in [0.5, 0.6) is 0 Å². The molecule has 1 aromatic carbocycles. The zero-order valence-electron chi connectivity index (χ0n) is 12.3. The molecule has 1 aromatic rings. The lowest BCUT2D eigenvalue weighted by atomic mass is 9.71. The van der Waals surface area contributed by atoms with Gasteiger partial charge in [0.2, 0.25) is 0 Å². The second-order valence-corrected chi connectivity index (χ2v) is 7.48. The summed E-state index contributed by atoms with van der Waals surface area (Å²) in [6.07, 6.45) is 1.67. The molecule has 1 saturated heterocycles. The molecule has 1 aliphatic heterocycles. The van der Waals surface area contributed by atoms with Gasteiger partial charge in [-0.1, -0.05) is 48.8 Å². The van der Waals surface area contributed by atoms with Crippen LogP contribution in [0.15, 0.2) is 28.7 Å². The van der Waals surface area contributed by atoms with Crippen molar-refractivity contribution >= 4 is 21.9 Å². The van der Waals surface area contributed by atoms with Gasteiger partial charge >= 0.3 is 5.97 Å². The van der Waals surface area contributed by atoms with E-state index in [1.165, 1.54) is 0 Å². The van der Waals surface area contributed by atoms with Crippen molar-refractivity contribution in [2.24, 2.45) is 5.41 Å². The molecule has 1 heterocycles. The number of benzene rings is 1. The summed E-state index contributed by atoms with van der Waals surface area (Å²) < 4.78 is 1.04. The number of halogens is 1. The molecule has 0 aromatic heterocycles. The van der Waals surface area contributed by atoms with Crippen molar-refractivity contribution in [3.8, 4) is 0 Å². The zero-order chi connectivity index (χ0) is 15.0. The normalized spacial score (nSPS) is 24.0. The fourth-order valence-corrected chi connectivity index (χ4v) is 3.58. The maximum Gasteiger partial charge on any atom is 0.324 e. The summed E-state index contributed by atoms with van der Waals surface area (Å²) in [5.74, 6) is -0.695. The van der Waals surface area contributed by atoms with Crippen LogP contribution in [0, 0.1) is 5.41 Å². The van der Waals surface area contributed by atoms with Crippen molar-refractivity contribution in [2.45, 2.75) is 45.7 Å². The highest BCUT2D eigenvalue weighted by atomic mass is 79.9. The van der Waals surface area contributed by atoms with Crippen molar-refractivity contribution in [2.75, 3.05) is 6.54 Å². The summed E-state index contributed by atoms with van der Waals surface area (Å²) in [7, 11) is 0. The molecule has 0 bridgehead atoms. The van der Waals surface area contributed by atoms with Gasteiger partial charge in [0.15, 0.2) is 0 Å². The lowest BCUT2D eigenvalue weighted by molar-refractivity contribution is -0.158. The largest absolute Gasteiger partial charge is 0.480 e. The summed E-state index contributed by atoms with van der Waals surface area (Å²) in [6, 6.07) is 8.12. The van der Waals surface area contributed by atoms with Crippen LogP contribution in [-0.2, 0) is 11.3 Å². The smallest absolute Gasteiger partial charge is 0.324 e. The number of rotatable bonds is 3. The van der Waals surface area contributed by atoms with Gasteiger partial charge < -0.3 is 5.11 Å². The number of nitrogens with zero attached hydrogens (tertiary/aromatic N) is 1. The Kier molecular flexibility index (Phi) is 4.26. The summed E-state index contributed by atoms with van der Waals surface area (Å²) >= 11 is 3.43. The highest BCUT2D eigenvalue weighted by molar-refractivity contribution is 9.10. The molecule has 2 rings (SSSR count). The maximum atomic E-state index is 12.0. The monoisotopic (exact) mass is 339 g/mol. The second-order valence-electron chi connectivity index (χ2n) is 6.57. The van der Waals surface area contributed by atoms with Gasteiger partial charge in [-0.15, -0.1) is 0 Å². The van der Waals surface area contributed by atoms with Crippen LogP contribution in [0.3, 0.4) is 0 Å². The number of hydrogen-bond donors (Lipinski definition) is 1. The topological polar surface area (TPSA) is 40.5 Å². The number of aliphatic carboxylic acids is 1. The number of carboxylic acid groups (broad SMARTS) is 1. The fourth-order valence-electron chi connectivity index (χ4n) is 3.31.